The van der Waals surface area contributed by atoms with Crippen LogP contribution in [0.15, 0.2) is 12.2 Å². The van der Waals surface area contributed by atoms with Gasteiger partial charge >= 0.3 is 131 Å². The van der Waals surface area contributed by atoms with Gasteiger partial charge in [0.1, 0.15) is 0 Å². The van der Waals surface area contributed by atoms with Gasteiger partial charge in [0.25, 0.3) is 0 Å². The number of hydrogen-bond acceptors (Lipinski definition) is 1. The predicted molar refractivity (Wildman–Crippen MR) is 95.1 cm³/mol. The summed E-state index contributed by atoms with van der Waals surface area (Å²) in [6, 6.07) is 0. The van der Waals surface area contributed by atoms with Crippen molar-refractivity contribution in [3.8, 4) is 0 Å². The Morgan fingerprint density at radius 2 is 1.74 bits per heavy atom. The van der Waals surface area contributed by atoms with Crippen molar-refractivity contribution in [2.24, 2.45) is 0 Å². The number of rotatable bonds is 9. The van der Waals surface area contributed by atoms with Crippen LogP contribution in [-0.2, 0) is 0 Å². The van der Waals surface area contributed by atoms with Crippen molar-refractivity contribution in [3.63, 3.8) is 0 Å². The molecule has 0 bridgehead atoms. The molecule has 0 saturated carbocycles. The van der Waals surface area contributed by atoms with E-state index in [9.17, 15) is 0 Å². The minimum absolute atomic E-state index is 0.121. The van der Waals surface area contributed by atoms with E-state index in [0.717, 1.165) is 3.93 Å². The molecule has 0 aliphatic carbocycles. The van der Waals surface area contributed by atoms with Crippen molar-refractivity contribution in [1.82, 2.24) is 4.81 Å². The number of allylic oxidation sites excluding steroid dienone is 2. The monoisotopic (exact) mass is 393 g/mol. The van der Waals surface area contributed by atoms with Crippen LogP contribution >= 0.6 is 11.5 Å². The maximum atomic E-state index is 6.55. The van der Waals surface area contributed by atoms with Crippen LogP contribution in [0.2, 0.25) is 24.6 Å². The molecule has 0 spiro atoms. The van der Waals surface area contributed by atoms with Crippen LogP contribution in [0.1, 0.15) is 39.5 Å². The summed E-state index contributed by atoms with van der Waals surface area (Å²) in [6.07, 6.45) is 10.0. The van der Waals surface area contributed by atoms with Crippen LogP contribution in [0.25, 0.3) is 0 Å². The average Bonchev–Trinajstić information content (AvgIpc) is 2.31. The Labute approximate surface area is 131 Å². The van der Waals surface area contributed by atoms with Crippen molar-refractivity contribution in [2.75, 3.05) is 14.1 Å². The molecule has 0 aromatic heterocycles. The Bertz CT molecular complexity index is 263. The average molecular weight is 392 g/mol. The van der Waals surface area contributed by atoms with E-state index in [-0.39, 0.29) is 6.26 Å². The van der Waals surface area contributed by atoms with Crippen LogP contribution in [-0.4, -0.2) is 43.5 Å². The van der Waals surface area contributed by atoms with Crippen molar-refractivity contribution < 1.29 is 0 Å². The van der Waals surface area contributed by atoms with Gasteiger partial charge in [0.15, 0.2) is 0 Å². The second kappa shape index (κ2) is 9.73. The van der Waals surface area contributed by atoms with Gasteiger partial charge in [-0.05, 0) is 0 Å². The summed E-state index contributed by atoms with van der Waals surface area (Å²) >= 11 is 4.73. The van der Waals surface area contributed by atoms with Crippen LogP contribution in [0, 0.1) is 0 Å². The molecule has 0 aliphatic heterocycles. The summed E-state index contributed by atoms with van der Waals surface area (Å²) in [6.45, 7) is 4.57. The summed E-state index contributed by atoms with van der Waals surface area (Å²) in [4.78, 5) is 9.71. The Morgan fingerprint density at radius 1 is 1.16 bits per heavy atom. The fourth-order valence-electron chi connectivity index (χ4n) is 2.46. The molecular formula is C15H33BClNSn. The second-order valence-corrected chi connectivity index (χ2v) is 23.0. The van der Waals surface area contributed by atoms with E-state index in [4.69, 9.17) is 11.5 Å². The Hall–Kier alpha value is 0.854. The fraction of sp³-hybridized carbons (Fsp3) is 0.867. The normalized spacial score (nSPS) is 16.1. The van der Waals surface area contributed by atoms with E-state index < -0.39 is 18.4 Å². The SMILES string of the molecule is CCCCC(C=C[CH](CC)[Sn]([CH3])([CH3])[CH3])B(Cl)N(C)C. The molecule has 4 heteroatoms. The number of unbranched alkanes of at least 4 members (excludes halogenated alkanes) is 1. The Balaban J connectivity index is 4.78. The van der Waals surface area contributed by atoms with Crippen LogP contribution in [0.4, 0.5) is 0 Å². The predicted octanol–water partition coefficient (Wildman–Crippen LogP) is 5.51. The number of halogens is 1. The van der Waals surface area contributed by atoms with Crippen LogP contribution in [0.5, 0.6) is 0 Å². The van der Waals surface area contributed by atoms with E-state index in [2.05, 4.69) is 59.7 Å². The zero-order valence-corrected chi connectivity index (χ0v) is 17.7. The molecule has 0 radical (unpaired) electrons. The summed E-state index contributed by atoms with van der Waals surface area (Å²) in [5, 5.41) is 0. The van der Waals surface area contributed by atoms with Gasteiger partial charge in [-0.25, -0.2) is 0 Å². The van der Waals surface area contributed by atoms with Gasteiger partial charge in [0, 0.05) is 0 Å². The molecule has 0 aliphatic rings. The first kappa shape index (κ1) is 19.9. The Morgan fingerprint density at radius 3 is 2.11 bits per heavy atom. The Kier molecular flexibility index (Phi) is 10.2. The molecular weight excluding hydrogens is 359 g/mol. The van der Waals surface area contributed by atoms with Gasteiger partial charge < -0.3 is 0 Å². The minimum atomic E-state index is -1.82. The summed E-state index contributed by atoms with van der Waals surface area (Å²) in [5.74, 6) is 0.485. The molecule has 1 nitrogen and oxygen atoms in total. The van der Waals surface area contributed by atoms with Crippen molar-refractivity contribution >= 4 is 36.1 Å². The number of hydrogen-bond donors (Lipinski definition) is 0. The third-order valence-electron chi connectivity index (χ3n) is 3.88. The third-order valence-corrected chi connectivity index (χ3v) is 12.7. The van der Waals surface area contributed by atoms with Gasteiger partial charge in [0.2, 0.25) is 0 Å². The molecule has 0 fully saturated rings. The van der Waals surface area contributed by atoms with E-state index in [1.54, 1.807) is 0 Å². The van der Waals surface area contributed by atoms with Gasteiger partial charge in [-0.3, -0.25) is 0 Å². The first-order valence-electron chi connectivity index (χ1n) is 7.72. The van der Waals surface area contributed by atoms with Crippen molar-refractivity contribution in [3.05, 3.63) is 12.2 Å². The molecule has 0 heterocycles. The molecule has 2 atom stereocenters. The van der Waals surface area contributed by atoms with Gasteiger partial charge in [-0.2, -0.15) is 0 Å². The zero-order valence-electron chi connectivity index (χ0n) is 14.0. The van der Waals surface area contributed by atoms with E-state index in [1.807, 2.05) is 0 Å². The second-order valence-electron chi connectivity index (χ2n) is 6.91. The van der Waals surface area contributed by atoms with Gasteiger partial charge in [0.05, 0.1) is 0 Å². The molecule has 19 heavy (non-hydrogen) atoms. The number of nitrogens with zero attached hydrogens (tertiary/aromatic N) is 1. The van der Waals surface area contributed by atoms with Gasteiger partial charge in [-0.15, -0.1) is 0 Å². The molecule has 112 valence electrons. The molecule has 0 amide bonds. The fourth-order valence-corrected chi connectivity index (χ4v) is 8.13. The molecule has 0 rings (SSSR count). The van der Waals surface area contributed by atoms with E-state index in [0.29, 0.717) is 5.82 Å². The van der Waals surface area contributed by atoms with Crippen LogP contribution in [0.3, 0.4) is 0 Å². The molecule has 0 saturated heterocycles. The zero-order chi connectivity index (χ0) is 15.1. The summed E-state index contributed by atoms with van der Waals surface area (Å²) < 4.78 is 0.837. The van der Waals surface area contributed by atoms with Crippen molar-refractivity contribution in [1.29, 1.82) is 0 Å². The quantitative estimate of drug-likeness (QED) is 0.369. The first-order valence-corrected chi connectivity index (χ1v) is 18.4. The van der Waals surface area contributed by atoms with Gasteiger partial charge in [-0.1, -0.05) is 0 Å². The molecule has 0 aromatic carbocycles. The summed E-state index contributed by atoms with van der Waals surface area (Å²) in [7, 11) is 4.15. The summed E-state index contributed by atoms with van der Waals surface area (Å²) in [5.41, 5.74) is 0. The third kappa shape index (κ3) is 8.01. The molecule has 2 unspecified atom stereocenters. The van der Waals surface area contributed by atoms with Crippen molar-refractivity contribution in [2.45, 2.75) is 64.1 Å². The van der Waals surface area contributed by atoms with Crippen LogP contribution < -0.4 is 0 Å². The molecule has 0 aromatic rings. The topological polar surface area (TPSA) is 3.24 Å². The molecule has 0 N–H and O–H groups in total. The first-order chi connectivity index (χ1) is 8.73. The standard InChI is InChI=1S/C12H24BClN.3CH3.Sn/c1-5-7-9-11-12(10-8-6-2)13(14)15(3)4;;;;/h7,9,11-12H,5-6,8,10H2,1-4H3;3*1H3;. The van der Waals surface area contributed by atoms with E-state index >= 15 is 0 Å². The van der Waals surface area contributed by atoms with E-state index in [1.165, 1.54) is 25.7 Å². The maximum absolute atomic E-state index is 6.55.